The number of pyridine rings is 1. The lowest BCUT2D eigenvalue weighted by Gasteiger charge is -2.11. The fourth-order valence-electron chi connectivity index (χ4n) is 2.39. The zero-order chi connectivity index (χ0) is 19.9. The van der Waals surface area contributed by atoms with E-state index in [4.69, 9.17) is 0 Å². The van der Waals surface area contributed by atoms with Gasteiger partial charge in [-0.2, -0.15) is 0 Å². The van der Waals surface area contributed by atoms with Crippen molar-refractivity contribution in [3.05, 3.63) is 88.0 Å². The molecule has 0 aliphatic carbocycles. The maximum atomic E-state index is 12.8. The van der Waals surface area contributed by atoms with E-state index in [1.54, 1.807) is 72.4 Å². The van der Waals surface area contributed by atoms with E-state index in [9.17, 15) is 14.4 Å². The van der Waals surface area contributed by atoms with Crippen molar-refractivity contribution in [1.29, 1.82) is 0 Å². The first-order valence-electron chi connectivity index (χ1n) is 8.42. The summed E-state index contributed by atoms with van der Waals surface area (Å²) in [6.45, 7) is 1.45. The summed E-state index contributed by atoms with van der Waals surface area (Å²) in [5.74, 6) is -0.986. The molecule has 0 saturated heterocycles. The number of carbonyl (C=O) groups excluding carboxylic acids is 3. The van der Waals surface area contributed by atoms with Gasteiger partial charge in [-0.25, -0.2) is 0 Å². The molecule has 0 radical (unpaired) electrons. The van der Waals surface area contributed by atoms with E-state index in [0.717, 1.165) is 0 Å². The molecule has 140 valence electrons. The molecule has 7 heteroatoms. The van der Waals surface area contributed by atoms with Crippen molar-refractivity contribution < 1.29 is 14.4 Å². The lowest BCUT2D eigenvalue weighted by Crippen LogP contribution is -2.30. The second-order valence-corrected chi connectivity index (χ2v) is 6.81. The van der Waals surface area contributed by atoms with Crippen LogP contribution in [-0.2, 0) is 4.79 Å². The molecule has 2 amide bonds. The van der Waals surface area contributed by atoms with Gasteiger partial charge in [0.1, 0.15) is 5.70 Å². The van der Waals surface area contributed by atoms with Crippen molar-refractivity contribution in [2.75, 3.05) is 5.32 Å². The quantitative estimate of drug-likeness (QED) is 0.495. The van der Waals surface area contributed by atoms with Crippen molar-refractivity contribution in [3.8, 4) is 0 Å². The van der Waals surface area contributed by atoms with Gasteiger partial charge in [0.25, 0.3) is 11.8 Å². The molecule has 1 aromatic carbocycles. The first-order chi connectivity index (χ1) is 13.5. The molecule has 2 N–H and O–H groups in total. The molecule has 0 fully saturated rings. The number of nitrogens with one attached hydrogen (secondary N) is 2. The second kappa shape index (κ2) is 8.88. The number of anilines is 1. The summed E-state index contributed by atoms with van der Waals surface area (Å²) in [5.41, 5.74) is 1.68. The Kier molecular flexibility index (Phi) is 6.08. The van der Waals surface area contributed by atoms with Crippen LogP contribution in [0, 0.1) is 0 Å². The van der Waals surface area contributed by atoms with Gasteiger partial charge in [-0.15, -0.1) is 11.3 Å². The molecule has 0 unspecified atom stereocenters. The van der Waals surface area contributed by atoms with Crippen LogP contribution in [0.15, 0.2) is 72.0 Å². The van der Waals surface area contributed by atoms with Gasteiger partial charge in [0.2, 0.25) is 0 Å². The van der Waals surface area contributed by atoms with Crippen LogP contribution in [0.5, 0.6) is 0 Å². The van der Waals surface area contributed by atoms with Crippen LogP contribution in [0.3, 0.4) is 0 Å². The molecule has 0 saturated carbocycles. The molecule has 0 spiro atoms. The summed E-state index contributed by atoms with van der Waals surface area (Å²) in [4.78, 5) is 41.3. The lowest BCUT2D eigenvalue weighted by molar-refractivity contribution is -0.113. The van der Waals surface area contributed by atoms with E-state index in [1.165, 1.54) is 18.3 Å². The highest BCUT2D eigenvalue weighted by molar-refractivity contribution is 7.12. The fourth-order valence-corrected chi connectivity index (χ4v) is 3.01. The van der Waals surface area contributed by atoms with E-state index >= 15 is 0 Å². The van der Waals surface area contributed by atoms with Gasteiger partial charge in [0.15, 0.2) is 5.78 Å². The molecule has 0 aliphatic heterocycles. The maximum Gasteiger partial charge on any atom is 0.272 e. The highest BCUT2D eigenvalue weighted by Gasteiger charge is 2.16. The van der Waals surface area contributed by atoms with Gasteiger partial charge in [0, 0.05) is 23.6 Å². The summed E-state index contributed by atoms with van der Waals surface area (Å²) < 4.78 is 0. The SMILES string of the molecule is CC(=O)c1cccc(NC(=O)/C(=C\c2cccnc2)NC(=O)c2cccs2)c1. The minimum Gasteiger partial charge on any atom is -0.321 e. The first kappa shape index (κ1) is 19.2. The van der Waals surface area contributed by atoms with Gasteiger partial charge in [-0.05, 0) is 48.2 Å². The van der Waals surface area contributed by atoms with E-state index < -0.39 is 5.91 Å². The Morgan fingerprint density at radius 3 is 2.61 bits per heavy atom. The largest absolute Gasteiger partial charge is 0.321 e. The number of hydrogen-bond donors (Lipinski definition) is 2. The third kappa shape index (κ3) is 4.99. The molecular formula is C21H17N3O3S. The van der Waals surface area contributed by atoms with Crippen LogP contribution < -0.4 is 10.6 Å². The van der Waals surface area contributed by atoms with Crippen molar-refractivity contribution in [2.24, 2.45) is 0 Å². The molecule has 6 nitrogen and oxygen atoms in total. The predicted octanol–water partition coefficient (Wildman–Crippen LogP) is 3.76. The summed E-state index contributed by atoms with van der Waals surface area (Å²) in [5, 5.41) is 7.15. The van der Waals surface area contributed by atoms with Crippen molar-refractivity contribution in [1.82, 2.24) is 10.3 Å². The average molecular weight is 391 g/mol. The third-order valence-corrected chi connectivity index (χ3v) is 4.63. The minimum atomic E-state index is -0.505. The molecule has 0 aliphatic rings. The standard InChI is InChI=1S/C21H17N3O3S/c1-14(25)16-6-2-7-17(12-16)23-20(26)18(11-15-5-3-9-22-13-15)24-21(27)19-8-4-10-28-19/h2-13H,1H3,(H,23,26)(H,24,27)/b18-11+. The first-order valence-corrected chi connectivity index (χ1v) is 9.30. The molecule has 2 aromatic heterocycles. The molecule has 2 heterocycles. The molecule has 28 heavy (non-hydrogen) atoms. The van der Waals surface area contributed by atoms with Crippen LogP contribution >= 0.6 is 11.3 Å². The Bertz CT molecular complexity index is 1030. The maximum absolute atomic E-state index is 12.8. The average Bonchev–Trinajstić information content (AvgIpc) is 3.23. The van der Waals surface area contributed by atoms with Crippen molar-refractivity contribution >= 4 is 40.7 Å². The second-order valence-electron chi connectivity index (χ2n) is 5.87. The number of amides is 2. The third-order valence-electron chi connectivity index (χ3n) is 3.76. The number of benzene rings is 1. The Labute approximate surface area is 165 Å². The Morgan fingerprint density at radius 2 is 1.93 bits per heavy atom. The minimum absolute atomic E-state index is 0.0691. The zero-order valence-corrected chi connectivity index (χ0v) is 15.8. The Morgan fingerprint density at radius 1 is 1.07 bits per heavy atom. The molecule has 3 rings (SSSR count). The van der Waals surface area contributed by atoms with Crippen LogP contribution in [0.1, 0.15) is 32.5 Å². The Hall–Kier alpha value is -3.58. The summed E-state index contributed by atoms with van der Waals surface area (Å²) in [7, 11) is 0. The number of aromatic nitrogens is 1. The number of carbonyl (C=O) groups is 3. The monoisotopic (exact) mass is 391 g/mol. The summed E-state index contributed by atoms with van der Waals surface area (Å²) >= 11 is 1.28. The van der Waals surface area contributed by atoms with Gasteiger partial charge < -0.3 is 10.6 Å². The smallest absolute Gasteiger partial charge is 0.272 e. The van der Waals surface area contributed by atoms with Crippen LogP contribution in [0.25, 0.3) is 6.08 Å². The highest BCUT2D eigenvalue weighted by Crippen LogP contribution is 2.14. The van der Waals surface area contributed by atoms with Gasteiger partial charge in [-0.1, -0.05) is 24.3 Å². The number of thiophene rings is 1. The number of hydrogen-bond acceptors (Lipinski definition) is 5. The van der Waals surface area contributed by atoms with Gasteiger partial charge in [0.05, 0.1) is 4.88 Å². The molecular weight excluding hydrogens is 374 g/mol. The van der Waals surface area contributed by atoms with Crippen LogP contribution in [0.2, 0.25) is 0 Å². The molecule has 0 bridgehead atoms. The van der Waals surface area contributed by atoms with E-state index in [-0.39, 0.29) is 17.4 Å². The predicted molar refractivity (Wildman–Crippen MR) is 109 cm³/mol. The molecule has 3 aromatic rings. The van der Waals surface area contributed by atoms with Gasteiger partial charge in [-0.3, -0.25) is 19.4 Å². The van der Waals surface area contributed by atoms with Gasteiger partial charge >= 0.3 is 0 Å². The number of Topliss-reactive ketones (excluding diaryl/α,β-unsaturated/α-hetero) is 1. The fraction of sp³-hybridized carbons (Fsp3) is 0.0476. The highest BCUT2D eigenvalue weighted by atomic mass is 32.1. The van der Waals surface area contributed by atoms with E-state index in [1.807, 2.05) is 0 Å². The van der Waals surface area contributed by atoms with Crippen molar-refractivity contribution in [2.45, 2.75) is 6.92 Å². The summed E-state index contributed by atoms with van der Waals surface area (Å²) in [6, 6.07) is 13.6. The summed E-state index contributed by atoms with van der Waals surface area (Å²) in [6.07, 6.45) is 4.75. The number of ketones is 1. The zero-order valence-electron chi connectivity index (χ0n) is 15.0. The number of rotatable bonds is 6. The Balaban J connectivity index is 1.86. The number of nitrogens with zero attached hydrogens (tertiary/aromatic N) is 1. The normalized spacial score (nSPS) is 11.0. The van der Waals surface area contributed by atoms with Crippen molar-refractivity contribution in [3.63, 3.8) is 0 Å². The lowest BCUT2D eigenvalue weighted by atomic mass is 10.1. The van der Waals surface area contributed by atoms with E-state index in [0.29, 0.717) is 21.7 Å². The van der Waals surface area contributed by atoms with Crippen LogP contribution in [-0.4, -0.2) is 22.6 Å². The molecule has 0 atom stereocenters. The van der Waals surface area contributed by atoms with Crippen LogP contribution in [0.4, 0.5) is 5.69 Å². The topological polar surface area (TPSA) is 88.2 Å². The van der Waals surface area contributed by atoms with E-state index in [2.05, 4.69) is 15.6 Å².